The minimum Gasteiger partial charge on any atom is -0.494 e. The molecule has 0 spiro atoms. The summed E-state index contributed by atoms with van der Waals surface area (Å²) in [7, 11) is 0. The molecular weight excluding hydrogens is 206 g/mol. The van der Waals surface area contributed by atoms with Gasteiger partial charge in [0, 0.05) is 0 Å². The molecule has 16 heavy (non-hydrogen) atoms. The van der Waals surface area contributed by atoms with Crippen LogP contribution in [0, 0.1) is 0 Å². The molecule has 0 radical (unpaired) electrons. The van der Waals surface area contributed by atoms with E-state index in [2.05, 4.69) is 0 Å². The fourth-order valence-electron chi connectivity index (χ4n) is 1.46. The highest BCUT2D eigenvalue weighted by Crippen LogP contribution is 2.13. The van der Waals surface area contributed by atoms with E-state index in [0.29, 0.717) is 13.0 Å². The number of aliphatic hydroxyl groups excluding tert-OH is 1. The van der Waals surface area contributed by atoms with Gasteiger partial charge in [-0.15, -0.1) is 0 Å². The normalized spacial score (nSPS) is 12.1. The van der Waals surface area contributed by atoms with Gasteiger partial charge in [-0.3, -0.25) is 4.79 Å². The Balaban J connectivity index is 2.51. The monoisotopic (exact) mass is 223 g/mol. The van der Waals surface area contributed by atoms with Gasteiger partial charge in [0.15, 0.2) is 0 Å². The molecule has 4 nitrogen and oxygen atoms in total. The molecule has 1 aromatic carbocycles. The molecule has 0 saturated carbocycles. The summed E-state index contributed by atoms with van der Waals surface area (Å²) in [5.74, 6) is 0.314. The van der Waals surface area contributed by atoms with Crippen LogP contribution in [-0.2, 0) is 11.2 Å². The molecule has 0 aliphatic heterocycles. The van der Waals surface area contributed by atoms with Gasteiger partial charge in [-0.25, -0.2) is 0 Å². The summed E-state index contributed by atoms with van der Waals surface area (Å²) in [5.41, 5.74) is 5.95. The molecule has 0 saturated heterocycles. The Bertz CT molecular complexity index is 335. The highest BCUT2D eigenvalue weighted by molar-refractivity contribution is 5.74. The molecule has 0 aliphatic carbocycles. The molecule has 3 N–H and O–H groups in total. The molecule has 1 rings (SSSR count). The van der Waals surface area contributed by atoms with Gasteiger partial charge in [0.05, 0.1) is 19.1 Å². The molecule has 0 bridgehead atoms. The molecule has 88 valence electrons. The van der Waals surface area contributed by atoms with Gasteiger partial charge >= 0.3 is 0 Å². The van der Waals surface area contributed by atoms with E-state index in [1.54, 1.807) is 0 Å². The van der Waals surface area contributed by atoms with E-state index in [1.165, 1.54) is 0 Å². The number of carbonyl (C=O) groups is 1. The Kier molecular flexibility index (Phi) is 4.79. The number of primary amides is 1. The van der Waals surface area contributed by atoms with Crippen LogP contribution < -0.4 is 10.5 Å². The van der Waals surface area contributed by atoms with Crippen molar-refractivity contribution in [3.05, 3.63) is 29.8 Å². The number of hydrogen-bond acceptors (Lipinski definition) is 3. The third-order valence-corrected chi connectivity index (χ3v) is 2.14. The first-order valence-corrected chi connectivity index (χ1v) is 5.30. The van der Waals surface area contributed by atoms with Crippen LogP contribution in [0.3, 0.4) is 0 Å². The number of benzene rings is 1. The third-order valence-electron chi connectivity index (χ3n) is 2.14. The van der Waals surface area contributed by atoms with E-state index in [1.807, 2.05) is 31.2 Å². The topological polar surface area (TPSA) is 72.6 Å². The Morgan fingerprint density at radius 2 is 2.06 bits per heavy atom. The first-order valence-electron chi connectivity index (χ1n) is 5.30. The Morgan fingerprint density at radius 3 is 2.56 bits per heavy atom. The second-order valence-electron chi connectivity index (χ2n) is 3.61. The van der Waals surface area contributed by atoms with Crippen molar-refractivity contribution in [2.24, 2.45) is 5.73 Å². The summed E-state index contributed by atoms with van der Waals surface area (Å²) in [6, 6.07) is 7.43. The van der Waals surface area contributed by atoms with E-state index in [4.69, 9.17) is 10.5 Å². The Labute approximate surface area is 95.0 Å². The van der Waals surface area contributed by atoms with E-state index in [-0.39, 0.29) is 6.42 Å². The number of aliphatic hydroxyl groups is 1. The van der Waals surface area contributed by atoms with Crippen LogP contribution in [0.2, 0.25) is 0 Å². The maximum absolute atomic E-state index is 10.6. The molecule has 4 heteroatoms. The predicted molar refractivity (Wildman–Crippen MR) is 61.1 cm³/mol. The molecule has 1 aromatic rings. The number of hydrogen-bond donors (Lipinski definition) is 2. The van der Waals surface area contributed by atoms with E-state index in [0.717, 1.165) is 11.3 Å². The lowest BCUT2D eigenvalue weighted by atomic mass is 10.1. The molecule has 0 aliphatic rings. The molecule has 1 atom stereocenters. The molecule has 0 fully saturated rings. The van der Waals surface area contributed by atoms with Crippen molar-refractivity contribution in [2.75, 3.05) is 6.61 Å². The van der Waals surface area contributed by atoms with Gasteiger partial charge in [0.25, 0.3) is 0 Å². The van der Waals surface area contributed by atoms with E-state index < -0.39 is 12.0 Å². The van der Waals surface area contributed by atoms with Crippen molar-refractivity contribution in [3.8, 4) is 5.75 Å². The third kappa shape index (κ3) is 4.31. The van der Waals surface area contributed by atoms with Gasteiger partial charge in [-0.2, -0.15) is 0 Å². The van der Waals surface area contributed by atoms with Gasteiger partial charge in [0.1, 0.15) is 5.75 Å². The van der Waals surface area contributed by atoms with E-state index >= 15 is 0 Å². The fraction of sp³-hybridized carbons (Fsp3) is 0.417. The quantitative estimate of drug-likeness (QED) is 0.751. The van der Waals surface area contributed by atoms with Crippen LogP contribution in [0.4, 0.5) is 0 Å². The summed E-state index contributed by atoms with van der Waals surface area (Å²) in [5, 5.41) is 9.51. The molecule has 0 heterocycles. The average Bonchev–Trinajstić information content (AvgIpc) is 2.20. The second kappa shape index (κ2) is 6.12. The lowest BCUT2D eigenvalue weighted by Gasteiger charge is -2.09. The van der Waals surface area contributed by atoms with Crippen molar-refractivity contribution in [1.82, 2.24) is 0 Å². The van der Waals surface area contributed by atoms with E-state index in [9.17, 15) is 9.90 Å². The molecule has 1 amide bonds. The van der Waals surface area contributed by atoms with Crippen LogP contribution in [0.1, 0.15) is 18.9 Å². The van der Waals surface area contributed by atoms with Crippen molar-refractivity contribution in [2.45, 2.75) is 25.9 Å². The highest BCUT2D eigenvalue weighted by Gasteiger charge is 2.08. The zero-order chi connectivity index (χ0) is 12.0. The van der Waals surface area contributed by atoms with Crippen LogP contribution in [0.5, 0.6) is 5.75 Å². The predicted octanol–water partition coefficient (Wildman–Crippen LogP) is 0.864. The summed E-state index contributed by atoms with van der Waals surface area (Å²) in [6.07, 6.45) is -0.293. The second-order valence-corrected chi connectivity index (χ2v) is 3.61. The number of nitrogens with two attached hydrogens (primary N) is 1. The van der Waals surface area contributed by atoms with Crippen molar-refractivity contribution >= 4 is 5.91 Å². The SMILES string of the molecule is CCOc1ccc(CC(O)CC(N)=O)cc1. The first kappa shape index (κ1) is 12.5. The average molecular weight is 223 g/mol. The minimum atomic E-state index is -0.713. The summed E-state index contributed by atoms with van der Waals surface area (Å²) in [6.45, 7) is 2.55. The Hall–Kier alpha value is -1.55. The smallest absolute Gasteiger partial charge is 0.220 e. The lowest BCUT2D eigenvalue weighted by molar-refractivity contribution is -0.119. The van der Waals surface area contributed by atoms with Gasteiger partial charge in [-0.1, -0.05) is 12.1 Å². The van der Waals surface area contributed by atoms with Crippen molar-refractivity contribution in [1.29, 1.82) is 0 Å². The maximum atomic E-state index is 10.6. The standard InChI is InChI=1S/C12H17NO3/c1-2-16-11-5-3-9(4-6-11)7-10(14)8-12(13)15/h3-6,10,14H,2,7-8H2,1H3,(H2,13,15). The van der Waals surface area contributed by atoms with Crippen LogP contribution >= 0.6 is 0 Å². The number of amides is 1. The largest absolute Gasteiger partial charge is 0.494 e. The summed E-state index contributed by atoms with van der Waals surface area (Å²) < 4.78 is 5.29. The highest BCUT2D eigenvalue weighted by atomic mass is 16.5. The van der Waals surface area contributed by atoms with Crippen molar-refractivity contribution < 1.29 is 14.6 Å². The van der Waals surface area contributed by atoms with Crippen molar-refractivity contribution in [3.63, 3.8) is 0 Å². The lowest BCUT2D eigenvalue weighted by Crippen LogP contribution is -2.21. The maximum Gasteiger partial charge on any atom is 0.220 e. The van der Waals surface area contributed by atoms with Crippen LogP contribution in [0.25, 0.3) is 0 Å². The van der Waals surface area contributed by atoms with Gasteiger partial charge in [-0.05, 0) is 31.0 Å². The van der Waals surface area contributed by atoms with Gasteiger partial charge < -0.3 is 15.6 Å². The zero-order valence-electron chi connectivity index (χ0n) is 9.35. The fourth-order valence-corrected chi connectivity index (χ4v) is 1.46. The minimum absolute atomic E-state index is 0.00673. The van der Waals surface area contributed by atoms with Crippen LogP contribution in [-0.4, -0.2) is 23.7 Å². The Morgan fingerprint density at radius 1 is 1.44 bits per heavy atom. The first-order chi connectivity index (χ1) is 7.61. The van der Waals surface area contributed by atoms with Crippen LogP contribution in [0.15, 0.2) is 24.3 Å². The zero-order valence-corrected chi connectivity index (χ0v) is 9.35. The molecular formula is C12H17NO3. The molecule has 0 aromatic heterocycles. The summed E-state index contributed by atoms with van der Waals surface area (Å²) in [4.78, 5) is 10.6. The summed E-state index contributed by atoms with van der Waals surface area (Å²) >= 11 is 0. The molecule has 1 unspecified atom stereocenters. The van der Waals surface area contributed by atoms with Gasteiger partial charge in [0.2, 0.25) is 5.91 Å². The number of ether oxygens (including phenoxy) is 1. The number of rotatable bonds is 6. The number of carbonyl (C=O) groups excluding carboxylic acids is 1.